The summed E-state index contributed by atoms with van der Waals surface area (Å²) in [6.07, 6.45) is 4.33. The number of fused-ring (bicyclic) bond motifs is 1. The van der Waals surface area contributed by atoms with Gasteiger partial charge in [0.1, 0.15) is 6.61 Å². The molecule has 0 bridgehead atoms. The largest absolute Gasteiger partial charge is 0.460 e. The number of ether oxygens (including phenoxy) is 1. The van der Waals surface area contributed by atoms with Crippen LogP contribution in [0.3, 0.4) is 0 Å². The van der Waals surface area contributed by atoms with Gasteiger partial charge < -0.3 is 9.16 Å². The zero-order valence-corrected chi connectivity index (χ0v) is 23.4. The highest BCUT2D eigenvalue weighted by molar-refractivity contribution is 6.99. The predicted molar refractivity (Wildman–Crippen MR) is 152 cm³/mol. The number of carbonyl (C=O) groups is 1. The topological polar surface area (TPSA) is 38.8 Å². The number of benzene rings is 3. The van der Waals surface area contributed by atoms with Gasteiger partial charge in [-0.05, 0) is 59.8 Å². The summed E-state index contributed by atoms with van der Waals surface area (Å²) in [5.41, 5.74) is 0.553. The van der Waals surface area contributed by atoms with E-state index in [9.17, 15) is 4.79 Å². The van der Waals surface area contributed by atoms with Crippen molar-refractivity contribution in [1.82, 2.24) is 4.90 Å². The molecule has 0 unspecified atom stereocenters. The Kier molecular flexibility index (Phi) is 7.39. The number of nitrogens with zero attached hydrogens (tertiary/aromatic N) is 1. The second-order valence-electron chi connectivity index (χ2n) is 11.6. The highest BCUT2D eigenvalue weighted by Gasteiger charge is 2.53. The molecule has 5 heteroatoms. The fourth-order valence-electron chi connectivity index (χ4n) is 6.63. The van der Waals surface area contributed by atoms with Gasteiger partial charge in [-0.25, -0.2) is 4.79 Å². The van der Waals surface area contributed by atoms with E-state index in [1.165, 1.54) is 10.4 Å². The fraction of sp³-hybridized carbons (Fsp3) is 0.406. The molecule has 37 heavy (non-hydrogen) atoms. The van der Waals surface area contributed by atoms with Gasteiger partial charge in [0.15, 0.2) is 0 Å². The van der Waals surface area contributed by atoms with E-state index in [4.69, 9.17) is 9.16 Å². The summed E-state index contributed by atoms with van der Waals surface area (Å²) in [7, 11) is -2.58. The third kappa shape index (κ3) is 4.92. The first-order valence-electron chi connectivity index (χ1n) is 13.6. The first-order valence-corrected chi connectivity index (χ1v) is 15.5. The Balaban J connectivity index is 1.37. The zero-order valence-electron chi connectivity index (χ0n) is 22.4. The van der Waals surface area contributed by atoms with Crippen molar-refractivity contribution in [3.05, 3.63) is 96.6 Å². The lowest BCUT2D eigenvalue weighted by Crippen LogP contribution is -2.67. The molecule has 5 rings (SSSR count). The molecule has 0 saturated carbocycles. The van der Waals surface area contributed by atoms with E-state index in [1.54, 1.807) is 0 Å². The molecular formula is C32H39NO3Si. The number of hydrogen-bond acceptors (Lipinski definition) is 4. The summed E-state index contributed by atoms with van der Waals surface area (Å²) in [4.78, 5) is 15.3. The molecule has 2 aliphatic rings. The van der Waals surface area contributed by atoms with Crippen molar-refractivity contribution < 1.29 is 14.0 Å². The van der Waals surface area contributed by atoms with Crippen LogP contribution in [0.2, 0.25) is 5.04 Å². The molecule has 2 fully saturated rings. The van der Waals surface area contributed by atoms with E-state index < -0.39 is 8.32 Å². The van der Waals surface area contributed by atoms with E-state index in [1.807, 2.05) is 30.3 Å². The molecule has 0 amide bonds. The summed E-state index contributed by atoms with van der Waals surface area (Å²) in [6.45, 7) is 9.18. The van der Waals surface area contributed by atoms with Crippen molar-refractivity contribution in [3.8, 4) is 0 Å². The van der Waals surface area contributed by atoms with Crippen LogP contribution in [0.1, 0.15) is 56.8 Å². The second kappa shape index (κ2) is 10.6. The van der Waals surface area contributed by atoms with E-state index >= 15 is 0 Å². The summed E-state index contributed by atoms with van der Waals surface area (Å²) in [5.74, 6) is -0.228. The molecule has 0 aliphatic carbocycles. The van der Waals surface area contributed by atoms with Crippen molar-refractivity contribution >= 4 is 24.7 Å². The van der Waals surface area contributed by atoms with E-state index in [0.717, 1.165) is 32.2 Å². The second-order valence-corrected chi connectivity index (χ2v) is 15.9. The predicted octanol–water partition coefficient (Wildman–Crippen LogP) is 5.42. The Labute approximate surface area is 222 Å². The third-order valence-electron chi connectivity index (χ3n) is 8.42. The number of esters is 1. The number of carbonyl (C=O) groups excluding carboxylic acids is 1. The van der Waals surface area contributed by atoms with Crippen molar-refractivity contribution in [2.45, 2.75) is 63.1 Å². The molecule has 2 aliphatic heterocycles. The first-order chi connectivity index (χ1) is 17.9. The van der Waals surface area contributed by atoms with Crippen LogP contribution in [0.4, 0.5) is 0 Å². The summed E-state index contributed by atoms with van der Waals surface area (Å²) in [5, 5.41) is 2.59. The van der Waals surface area contributed by atoms with E-state index in [-0.39, 0.29) is 16.5 Å². The van der Waals surface area contributed by atoms with Crippen LogP contribution in [0.5, 0.6) is 0 Å². The highest BCUT2D eigenvalue weighted by atomic mass is 28.4. The van der Waals surface area contributed by atoms with Gasteiger partial charge in [-0.1, -0.05) is 99.6 Å². The van der Waals surface area contributed by atoms with Gasteiger partial charge in [0.25, 0.3) is 8.32 Å². The van der Waals surface area contributed by atoms with Gasteiger partial charge in [0.05, 0.1) is 17.7 Å². The standard InChI is InChI=1S/C32H39NO3Si/c1-31(2,3)37(28-16-9-5-10-17-28,29-18-11-6-12-19-29)36-24-27-20-22-32(21-13-23-33(27)32)25-35-30(34)26-14-7-4-8-15-26/h4-12,14-19,27H,13,20-25H2,1-3H3/t27-,32+/m0/s1. The van der Waals surface area contributed by atoms with E-state index in [2.05, 4.69) is 86.3 Å². The van der Waals surface area contributed by atoms with Gasteiger partial charge >= 0.3 is 5.97 Å². The van der Waals surface area contributed by atoms with Gasteiger partial charge in [0.2, 0.25) is 0 Å². The maximum atomic E-state index is 12.7. The van der Waals surface area contributed by atoms with Crippen molar-refractivity contribution in [2.75, 3.05) is 19.8 Å². The monoisotopic (exact) mass is 513 g/mol. The minimum absolute atomic E-state index is 0.0401. The Morgan fingerprint density at radius 1 is 0.892 bits per heavy atom. The van der Waals surface area contributed by atoms with Crippen LogP contribution < -0.4 is 10.4 Å². The number of hydrogen-bond donors (Lipinski definition) is 0. The molecule has 3 aromatic carbocycles. The Bertz CT molecular complexity index is 1140. The average molecular weight is 514 g/mol. The van der Waals surface area contributed by atoms with Crippen molar-refractivity contribution in [3.63, 3.8) is 0 Å². The maximum absolute atomic E-state index is 12.7. The van der Waals surface area contributed by atoms with Crippen LogP contribution in [-0.4, -0.2) is 50.5 Å². The van der Waals surface area contributed by atoms with Crippen LogP contribution >= 0.6 is 0 Å². The lowest BCUT2D eigenvalue weighted by atomic mass is 9.95. The summed E-state index contributed by atoms with van der Waals surface area (Å²) < 4.78 is 13.2. The Morgan fingerprint density at radius 2 is 1.46 bits per heavy atom. The molecule has 2 atom stereocenters. The van der Waals surface area contributed by atoms with Gasteiger partial charge in [-0.15, -0.1) is 0 Å². The lowest BCUT2D eigenvalue weighted by molar-refractivity contribution is 0.0160. The summed E-state index contributed by atoms with van der Waals surface area (Å²) >= 11 is 0. The van der Waals surface area contributed by atoms with Crippen LogP contribution in [0.15, 0.2) is 91.0 Å². The highest BCUT2D eigenvalue weighted by Crippen LogP contribution is 2.44. The molecule has 2 heterocycles. The van der Waals surface area contributed by atoms with E-state index in [0.29, 0.717) is 24.8 Å². The van der Waals surface area contributed by atoms with Gasteiger partial charge in [-0.2, -0.15) is 0 Å². The third-order valence-corrected chi connectivity index (χ3v) is 13.4. The molecule has 3 aromatic rings. The number of rotatable bonds is 8. The molecule has 2 saturated heterocycles. The fourth-order valence-corrected chi connectivity index (χ4v) is 11.2. The smallest absolute Gasteiger partial charge is 0.338 e. The SMILES string of the molecule is CC(C)(C)[Si](OC[C@@H]1CC[C@@]2(COC(=O)c3ccccc3)CCCN12)(c1ccccc1)c1ccccc1. The maximum Gasteiger partial charge on any atom is 0.338 e. The molecule has 194 valence electrons. The van der Waals surface area contributed by atoms with Crippen LogP contribution in [-0.2, 0) is 9.16 Å². The quantitative estimate of drug-likeness (QED) is 0.298. The molecule has 0 radical (unpaired) electrons. The van der Waals surface area contributed by atoms with Gasteiger partial charge in [0, 0.05) is 6.04 Å². The van der Waals surface area contributed by atoms with Gasteiger partial charge in [-0.3, -0.25) is 4.90 Å². The van der Waals surface area contributed by atoms with Crippen LogP contribution in [0.25, 0.3) is 0 Å². The minimum Gasteiger partial charge on any atom is -0.460 e. The molecule has 0 aromatic heterocycles. The van der Waals surface area contributed by atoms with Crippen LogP contribution in [0, 0.1) is 0 Å². The molecular weight excluding hydrogens is 474 g/mol. The lowest BCUT2D eigenvalue weighted by Gasteiger charge is -2.44. The Morgan fingerprint density at radius 3 is 2.03 bits per heavy atom. The molecule has 0 N–H and O–H groups in total. The molecule has 4 nitrogen and oxygen atoms in total. The van der Waals surface area contributed by atoms with Crippen molar-refractivity contribution in [1.29, 1.82) is 0 Å². The summed E-state index contributed by atoms with van der Waals surface area (Å²) in [6, 6.07) is 31.4. The normalized spacial score (nSPS) is 22.1. The first kappa shape index (κ1) is 25.9. The Hall–Kier alpha value is -2.73. The van der Waals surface area contributed by atoms with Crippen molar-refractivity contribution in [2.24, 2.45) is 0 Å². The molecule has 0 spiro atoms. The zero-order chi connectivity index (χ0) is 25.9. The minimum atomic E-state index is -2.58. The average Bonchev–Trinajstić information content (AvgIpc) is 3.48.